The second-order valence-corrected chi connectivity index (χ2v) is 8.74. The van der Waals surface area contributed by atoms with Gasteiger partial charge in [-0.3, -0.25) is 0 Å². The molecule has 0 aliphatic rings. The van der Waals surface area contributed by atoms with Crippen molar-refractivity contribution in [1.82, 2.24) is 0 Å². The molecule has 2 aromatic carbocycles. The molecule has 27 heavy (non-hydrogen) atoms. The lowest BCUT2D eigenvalue weighted by Gasteiger charge is -2.11. The summed E-state index contributed by atoms with van der Waals surface area (Å²) in [7, 11) is 0. The summed E-state index contributed by atoms with van der Waals surface area (Å²) in [5.41, 5.74) is 4.19. The minimum absolute atomic E-state index is 1.09. The molecule has 2 aromatic rings. The van der Waals surface area contributed by atoms with E-state index < -0.39 is 0 Å². The highest BCUT2D eigenvalue weighted by atomic mass is 32.2. The molecule has 0 aliphatic carbocycles. The van der Waals surface area contributed by atoms with Crippen LogP contribution >= 0.6 is 11.8 Å². The monoisotopic (exact) mass is 382 g/mol. The number of hydrogen-bond donors (Lipinski definition) is 0. The van der Waals surface area contributed by atoms with Crippen LogP contribution in [0.4, 0.5) is 0 Å². The Morgan fingerprint density at radius 1 is 0.667 bits per heavy atom. The first-order valence-corrected chi connectivity index (χ1v) is 12.1. The van der Waals surface area contributed by atoms with E-state index in [1.807, 2.05) is 11.8 Å². The van der Waals surface area contributed by atoms with Crippen LogP contribution < -0.4 is 0 Å². The summed E-state index contributed by atoms with van der Waals surface area (Å²) in [6.07, 6.45) is 15.2. The van der Waals surface area contributed by atoms with Crippen LogP contribution in [-0.4, -0.2) is 5.75 Å². The fourth-order valence-corrected chi connectivity index (χ4v) is 4.61. The number of unbranched alkanes of at least 4 members (excludes halogenated alkanes) is 9. The van der Waals surface area contributed by atoms with Crippen molar-refractivity contribution < 1.29 is 0 Å². The highest BCUT2D eigenvalue weighted by Crippen LogP contribution is 2.29. The molecule has 0 spiro atoms. The van der Waals surface area contributed by atoms with Crippen LogP contribution in [0, 0.1) is 0 Å². The molecule has 148 valence electrons. The molecule has 0 fully saturated rings. The largest absolute Gasteiger partial charge is 0.126 e. The van der Waals surface area contributed by atoms with Crippen LogP contribution in [0.2, 0.25) is 0 Å². The fraction of sp³-hybridized carbons (Fsp3) is 0.538. The SMILES string of the molecule is CCCCCCCCCCCCSc1ccc(-c2ccccc2)c(CC)c1. The molecular weight excluding hydrogens is 344 g/mol. The van der Waals surface area contributed by atoms with Gasteiger partial charge in [0.05, 0.1) is 0 Å². The van der Waals surface area contributed by atoms with E-state index >= 15 is 0 Å². The normalized spacial score (nSPS) is 11.0. The summed E-state index contributed by atoms with van der Waals surface area (Å²) >= 11 is 2.03. The third-order valence-corrected chi connectivity index (χ3v) is 6.39. The standard InChI is InChI=1S/C26H38S/c1-3-5-6-7-8-9-10-11-12-16-21-27-25-19-20-26(23(4-2)22-25)24-17-14-13-15-18-24/h13-15,17-20,22H,3-12,16,21H2,1-2H3. The summed E-state index contributed by atoms with van der Waals surface area (Å²) in [5.74, 6) is 1.25. The molecule has 2 rings (SSSR count). The summed E-state index contributed by atoms with van der Waals surface area (Å²) in [6, 6.07) is 17.8. The lowest BCUT2D eigenvalue weighted by Crippen LogP contribution is -1.89. The topological polar surface area (TPSA) is 0 Å². The second kappa shape index (κ2) is 13.9. The van der Waals surface area contributed by atoms with Gasteiger partial charge >= 0.3 is 0 Å². The number of rotatable bonds is 14. The first kappa shape index (κ1) is 22.1. The summed E-state index contributed by atoms with van der Waals surface area (Å²) in [4.78, 5) is 1.43. The summed E-state index contributed by atoms with van der Waals surface area (Å²) < 4.78 is 0. The van der Waals surface area contributed by atoms with Gasteiger partial charge in [-0.25, -0.2) is 0 Å². The molecule has 0 N–H and O–H groups in total. The Bertz CT molecular complexity index is 617. The number of thioether (sulfide) groups is 1. The first-order chi connectivity index (χ1) is 13.3. The van der Waals surface area contributed by atoms with Gasteiger partial charge in [0.2, 0.25) is 0 Å². The Hall–Kier alpha value is -1.21. The van der Waals surface area contributed by atoms with Gasteiger partial charge in [0.25, 0.3) is 0 Å². The van der Waals surface area contributed by atoms with Crippen molar-refractivity contribution in [2.24, 2.45) is 0 Å². The van der Waals surface area contributed by atoms with Gasteiger partial charge in [0.15, 0.2) is 0 Å². The van der Waals surface area contributed by atoms with Gasteiger partial charge in [0.1, 0.15) is 0 Å². The Kier molecular flexibility index (Phi) is 11.4. The third kappa shape index (κ3) is 8.56. The van der Waals surface area contributed by atoms with Crippen molar-refractivity contribution in [3.05, 3.63) is 54.1 Å². The van der Waals surface area contributed by atoms with Gasteiger partial charge in [-0.05, 0) is 47.4 Å². The fourth-order valence-electron chi connectivity index (χ4n) is 3.63. The Morgan fingerprint density at radius 2 is 1.30 bits per heavy atom. The van der Waals surface area contributed by atoms with Gasteiger partial charge in [-0.2, -0.15) is 0 Å². The van der Waals surface area contributed by atoms with Gasteiger partial charge in [-0.15, -0.1) is 11.8 Å². The molecule has 0 aliphatic heterocycles. The van der Waals surface area contributed by atoms with E-state index in [0.29, 0.717) is 0 Å². The lowest BCUT2D eigenvalue weighted by atomic mass is 9.98. The Morgan fingerprint density at radius 3 is 1.93 bits per heavy atom. The van der Waals surface area contributed by atoms with Crippen LogP contribution in [0.1, 0.15) is 83.6 Å². The van der Waals surface area contributed by atoms with Crippen LogP contribution in [-0.2, 0) is 6.42 Å². The van der Waals surface area contributed by atoms with Crippen molar-refractivity contribution in [3.8, 4) is 11.1 Å². The van der Waals surface area contributed by atoms with E-state index in [0.717, 1.165) is 6.42 Å². The van der Waals surface area contributed by atoms with Crippen LogP contribution in [0.25, 0.3) is 11.1 Å². The van der Waals surface area contributed by atoms with Gasteiger partial charge < -0.3 is 0 Å². The zero-order chi connectivity index (χ0) is 19.2. The molecule has 0 bridgehead atoms. The second-order valence-electron chi connectivity index (χ2n) is 7.57. The minimum atomic E-state index is 1.09. The van der Waals surface area contributed by atoms with Gasteiger partial charge in [-0.1, -0.05) is 108 Å². The van der Waals surface area contributed by atoms with Crippen molar-refractivity contribution in [1.29, 1.82) is 0 Å². The van der Waals surface area contributed by atoms with Crippen molar-refractivity contribution >= 4 is 11.8 Å². The number of aryl methyl sites for hydroxylation is 1. The molecule has 0 unspecified atom stereocenters. The Balaban J connectivity index is 1.64. The maximum atomic E-state index is 2.41. The van der Waals surface area contributed by atoms with E-state index in [2.05, 4.69) is 62.4 Å². The minimum Gasteiger partial charge on any atom is -0.126 e. The molecule has 1 heteroatoms. The molecule has 0 saturated carbocycles. The zero-order valence-corrected chi connectivity index (χ0v) is 18.3. The molecule has 0 saturated heterocycles. The van der Waals surface area contributed by atoms with E-state index in [1.54, 1.807) is 0 Å². The number of hydrogen-bond acceptors (Lipinski definition) is 1. The number of benzene rings is 2. The van der Waals surface area contributed by atoms with Crippen LogP contribution in [0.3, 0.4) is 0 Å². The van der Waals surface area contributed by atoms with E-state index in [-0.39, 0.29) is 0 Å². The quantitative estimate of drug-likeness (QED) is 0.232. The molecular formula is C26H38S. The molecule has 0 atom stereocenters. The zero-order valence-electron chi connectivity index (χ0n) is 17.5. The van der Waals surface area contributed by atoms with Gasteiger partial charge in [0, 0.05) is 4.90 Å². The predicted octanol–water partition coefficient (Wildman–Crippen LogP) is 8.93. The van der Waals surface area contributed by atoms with Crippen molar-refractivity contribution in [2.45, 2.75) is 89.4 Å². The maximum absolute atomic E-state index is 2.41. The van der Waals surface area contributed by atoms with E-state index in [4.69, 9.17) is 0 Å². The van der Waals surface area contributed by atoms with Crippen LogP contribution in [0.15, 0.2) is 53.4 Å². The highest BCUT2D eigenvalue weighted by molar-refractivity contribution is 7.99. The molecule has 0 heterocycles. The molecule has 0 nitrogen and oxygen atoms in total. The van der Waals surface area contributed by atoms with Crippen molar-refractivity contribution in [2.75, 3.05) is 5.75 Å². The molecule has 0 amide bonds. The van der Waals surface area contributed by atoms with Crippen LogP contribution in [0.5, 0.6) is 0 Å². The first-order valence-electron chi connectivity index (χ1n) is 11.2. The Labute approximate surface area is 172 Å². The smallest absolute Gasteiger partial charge is 0.00751 e. The lowest BCUT2D eigenvalue weighted by molar-refractivity contribution is 0.563. The molecule has 0 radical (unpaired) electrons. The predicted molar refractivity (Wildman–Crippen MR) is 124 cm³/mol. The highest BCUT2D eigenvalue weighted by Gasteiger charge is 2.05. The average molecular weight is 383 g/mol. The van der Waals surface area contributed by atoms with E-state index in [1.165, 1.54) is 91.5 Å². The summed E-state index contributed by atoms with van der Waals surface area (Å²) in [6.45, 7) is 4.55. The molecule has 0 aromatic heterocycles. The maximum Gasteiger partial charge on any atom is 0.00751 e. The summed E-state index contributed by atoms with van der Waals surface area (Å²) in [5, 5.41) is 0. The van der Waals surface area contributed by atoms with E-state index in [9.17, 15) is 0 Å². The third-order valence-electron chi connectivity index (χ3n) is 5.31. The van der Waals surface area contributed by atoms with Crippen molar-refractivity contribution in [3.63, 3.8) is 0 Å². The average Bonchev–Trinajstić information content (AvgIpc) is 2.72.